The molecule has 1 heterocycles. The summed E-state index contributed by atoms with van der Waals surface area (Å²) in [7, 11) is 0. The first-order chi connectivity index (χ1) is 16.7. The molecular formula is C27H36ClN3O2S2. The number of nitrogens with one attached hydrogen (secondary N) is 3. The van der Waals surface area contributed by atoms with Gasteiger partial charge in [0.05, 0.1) is 17.1 Å². The van der Waals surface area contributed by atoms with Crippen molar-refractivity contribution in [3.63, 3.8) is 0 Å². The summed E-state index contributed by atoms with van der Waals surface area (Å²) in [6, 6.07) is 17.5. The maximum atomic E-state index is 12.8. The minimum absolute atomic E-state index is 0. The van der Waals surface area contributed by atoms with Crippen molar-refractivity contribution in [1.82, 2.24) is 16.0 Å². The van der Waals surface area contributed by atoms with Crippen LogP contribution in [-0.2, 0) is 11.3 Å². The molecule has 4 rings (SSSR count). The average molecular weight is 534 g/mol. The minimum Gasteiger partial charge on any atom is -0.457 e. The standard InChI is InChI=1S/C27H35N3O2S2.ClH/c31-26(25-18-34-19-29-25)30-24(16-13-20-7-3-1-4-8-20)27(33)28-17-21-11-14-23(15-12-21)32-22-9-5-2-6-10-22;/h2,5-6,9-12,14-15,20,24-25,29H,1,3-4,7-8,13,16-19H2,(H,28,33)(H,30,31);1H/t24-,25+;/m1./s1. The number of hydrogen-bond donors (Lipinski definition) is 3. The molecule has 0 aromatic heterocycles. The molecule has 5 nitrogen and oxygen atoms in total. The molecule has 0 spiro atoms. The van der Waals surface area contributed by atoms with Crippen molar-refractivity contribution in [2.24, 2.45) is 5.92 Å². The number of thiocarbonyl (C=S) groups is 1. The first-order valence-corrected chi connectivity index (χ1v) is 13.9. The summed E-state index contributed by atoms with van der Waals surface area (Å²) in [6.45, 7) is 0.623. The van der Waals surface area contributed by atoms with Gasteiger partial charge in [0.25, 0.3) is 0 Å². The molecule has 2 aromatic carbocycles. The van der Waals surface area contributed by atoms with Gasteiger partial charge in [0, 0.05) is 18.2 Å². The lowest BCUT2D eigenvalue weighted by molar-refractivity contribution is -0.122. The van der Waals surface area contributed by atoms with E-state index in [1.165, 1.54) is 32.1 Å². The lowest BCUT2D eigenvalue weighted by Gasteiger charge is -2.26. The fourth-order valence-corrected chi connectivity index (χ4v) is 5.79. The van der Waals surface area contributed by atoms with E-state index in [0.29, 0.717) is 6.54 Å². The van der Waals surface area contributed by atoms with E-state index in [1.54, 1.807) is 11.8 Å². The molecule has 190 valence electrons. The number of amides is 1. The zero-order chi connectivity index (χ0) is 23.6. The van der Waals surface area contributed by atoms with E-state index in [-0.39, 0.29) is 30.4 Å². The molecule has 2 aliphatic rings. The third-order valence-electron chi connectivity index (χ3n) is 6.62. The maximum Gasteiger partial charge on any atom is 0.238 e. The SMILES string of the molecule is Cl.O=C(N[C@H](CCC1CCCCC1)C(=S)NCc1ccc(Oc2ccccc2)cc1)[C@@H]1CSCN1. The fourth-order valence-electron chi connectivity index (χ4n) is 4.60. The van der Waals surface area contributed by atoms with Crippen LogP contribution in [0.1, 0.15) is 50.5 Å². The predicted molar refractivity (Wildman–Crippen MR) is 152 cm³/mol. The van der Waals surface area contributed by atoms with Gasteiger partial charge in [0.1, 0.15) is 11.5 Å². The van der Waals surface area contributed by atoms with Gasteiger partial charge in [-0.2, -0.15) is 0 Å². The quantitative estimate of drug-likeness (QED) is 0.334. The van der Waals surface area contributed by atoms with E-state index in [2.05, 4.69) is 16.0 Å². The van der Waals surface area contributed by atoms with E-state index in [4.69, 9.17) is 17.0 Å². The third kappa shape index (κ3) is 8.98. The highest BCUT2D eigenvalue weighted by molar-refractivity contribution is 7.99. The number of thioether (sulfide) groups is 1. The second kappa shape index (κ2) is 14.7. The lowest BCUT2D eigenvalue weighted by atomic mass is 9.85. The predicted octanol–water partition coefficient (Wildman–Crippen LogP) is 5.83. The largest absolute Gasteiger partial charge is 0.457 e. The molecule has 0 bridgehead atoms. The zero-order valence-electron chi connectivity index (χ0n) is 20.0. The van der Waals surface area contributed by atoms with Crippen molar-refractivity contribution in [1.29, 1.82) is 0 Å². The van der Waals surface area contributed by atoms with Crippen LogP contribution in [0.2, 0.25) is 0 Å². The Morgan fingerprint density at radius 1 is 1.06 bits per heavy atom. The van der Waals surface area contributed by atoms with Crippen molar-refractivity contribution in [3.05, 3.63) is 60.2 Å². The molecule has 35 heavy (non-hydrogen) atoms. The van der Waals surface area contributed by atoms with Gasteiger partial charge in [-0.1, -0.05) is 74.7 Å². The van der Waals surface area contributed by atoms with Gasteiger partial charge in [-0.3, -0.25) is 10.1 Å². The summed E-state index contributed by atoms with van der Waals surface area (Å²) < 4.78 is 5.88. The molecule has 0 unspecified atom stereocenters. The monoisotopic (exact) mass is 533 g/mol. The van der Waals surface area contributed by atoms with Crippen LogP contribution in [0.4, 0.5) is 0 Å². The van der Waals surface area contributed by atoms with Crippen molar-refractivity contribution in [3.8, 4) is 11.5 Å². The second-order valence-corrected chi connectivity index (χ2v) is 10.7. The first-order valence-electron chi connectivity index (χ1n) is 12.4. The number of ether oxygens (including phenoxy) is 1. The molecule has 3 N–H and O–H groups in total. The summed E-state index contributed by atoms with van der Waals surface area (Å²) in [5.74, 6) is 4.09. The number of benzene rings is 2. The van der Waals surface area contributed by atoms with E-state index in [0.717, 1.165) is 52.4 Å². The van der Waals surface area contributed by atoms with Crippen LogP contribution < -0.4 is 20.7 Å². The summed E-state index contributed by atoms with van der Waals surface area (Å²) >= 11 is 7.53. The van der Waals surface area contributed by atoms with Gasteiger partial charge in [-0.05, 0) is 48.6 Å². The average Bonchev–Trinajstić information content (AvgIpc) is 3.42. The van der Waals surface area contributed by atoms with Crippen LogP contribution in [-0.4, -0.2) is 34.6 Å². The molecule has 2 aromatic rings. The Hall–Kier alpha value is -1.80. The Morgan fingerprint density at radius 3 is 2.46 bits per heavy atom. The normalized spacial score (nSPS) is 18.8. The molecule has 1 amide bonds. The van der Waals surface area contributed by atoms with Crippen LogP contribution in [0.3, 0.4) is 0 Å². The number of carbonyl (C=O) groups is 1. The highest BCUT2D eigenvalue weighted by atomic mass is 35.5. The van der Waals surface area contributed by atoms with E-state index in [1.807, 2.05) is 54.6 Å². The zero-order valence-corrected chi connectivity index (χ0v) is 22.5. The van der Waals surface area contributed by atoms with Crippen molar-refractivity contribution in [2.75, 3.05) is 11.6 Å². The molecular weight excluding hydrogens is 498 g/mol. The Bertz CT molecular complexity index is 918. The van der Waals surface area contributed by atoms with E-state index in [9.17, 15) is 4.79 Å². The van der Waals surface area contributed by atoms with Gasteiger partial charge in [0.15, 0.2) is 0 Å². The van der Waals surface area contributed by atoms with Crippen molar-refractivity contribution >= 4 is 47.3 Å². The molecule has 1 saturated carbocycles. The Kier molecular flexibility index (Phi) is 11.7. The van der Waals surface area contributed by atoms with Crippen molar-refractivity contribution < 1.29 is 9.53 Å². The molecule has 0 radical (unpaired) electrons. The number of para-hydroxylation sites is 1. The number of halogens is 1. The highest BCUT2D eigenvalue weighted by Gasteiger charge is 2.27. The minimum atomic E-state index is -0.127. The van der Waals surface area contributed by atoms with Crippen molar-refractivity contribution in [2.45, 2.75) is 63.6 Å². The fraction of sp³-hybridized carbons (Fsp3) is 0.481. The van der Waals surface area contributed by atoms with Crippen LogP contribution in [0.5, 0.6) is 11.5 Å². The topological polar surface area (TPSA) is 62.4 Å². The number of hydrogen-bond acceptors (Lipinski definition) is 5. The first kappa shape index (κ1) is 27.8. The van der Waals surface area contributed by atoms with E-state index < -0.39 is 0 Å². The van der Waals surface area contributed by atoms with Gasteiger partial charge in [0.2, 0.25) is 5.91 Å². The molecule has 2 atom stereocenters. The summed E-state index contributed by atoms with van der Waals surface area (Å²) in [5.41, 5.74) is 1.12. The molecule has 1 saturated heterocycles. The highest BCUT2D eigenvalue weighted by Crippen LogP contribution is 2.28. The van der Waals surface area contributed by atoms with Crippen LogP contribution in [0.15, 0.2) is 54.6 Å². The Labute approximate surface area is 225 Å². The molecule has 1 aliphatic heterocycles. The smallest absolute Gasteiger partial charge is 0.238 e. The maximum absolute atomic E-state index is 12.8. The van der Waals surface area contributed by atoms with Gasteiger partial charge in [-0.25, -0.2) is 0 Å². The summed E-state index contributed by atoms with van der Waals surface area (Å²) in [6.07, 6.45) is 8.64. The van der Waals surface area contributed by atoms with Gasteiger partial charge in [-0.15, -0.1) is 24.2 Å². The summed E-state index contributed by atoms with van der Waals surface area (Å²) in [4.78, 5) is 13.5. The lowest BCUT2D eigenvalue weighted by Crippen LogP contribution is -2.51. The van der Waals surface area contributed by atoms with Crippen LogP contribution in [0.25, 0.3) is 0 Å². The van der Waals surface area contributed by atoms with Crippen LogP contribution in [0, 0.1) is 5.92 Å². The molecule has 8 heteroatoms. The number of rotatable bonds is 10. The number of carbonyl (C=O) groups excluding carboxylic acids is 1. The molecule has 1 aliphatic carbocycles. The Balaban J connectivity index is 0.00000342. The van der Waals surface area contributed by atoms with Gasteiger partial charge >= 0.3 is 0 Å². The molecule has 2 fully saturated rings. The summed E-state index contributed by atoms with van der Waals surface area (Å²) in [5, 5.41) is 9.90. The second-order valence-electron chi connectivity index (χ2n) is 9.19. The van der Waals surface area contributed by atoms with Gasteiger partial charge < -0.3 is 15.4 Å². The third-order valence-corrected chi connectivity index (χ3v) is 7.99. The Morgan fingerprint density at radius 2 is 1.77 bits per heavy atom. The van der Waals surface area contributed by atoms with Crippen LogP contribution >= 0.6 is 36.4 Å². The van der Waals surface area contributed by atoms with E-state index >= 15 is 0 Å².